The van der Waals surface area contributed by atoms with Gasteiger partial charge in [-0.1, -0.05) is 0 Å². The lowest BCUT2D eigenvalue weighted by Gasteiger charge is -1.99. The van der Waals surface area contributed by atoms with Crippen molar-refractivity contribution in [2.45, 2.75) is 0 Å². The van der Waals surface area contributed by atoms with Gasteiger partial charge in [0.2, 0.25) is 0 Å². The van der Waals surface area contributed by atoms with E-state index in [1.54, 1.807) is 0 Å². The molecule has 0 aromatic heterocycles. The van der Waals surface area contributed by atoms with Gasteiger partial charge >= 0.3 is 0 Å². The molecule has 0 aliphatic carbocycles. The van der Waals surface area contributed by atoms with Gasteiger partial charge in [0.25, 0.3) is 5.09 Å². The molecule has 0 bridgehead atoms. The lowest BCUT2D eigenvalue weighted by atomic mass is 10.3. The molecular formula is C6H5NO5. The summed E-state index contributed by atoms with van der Waals surface area (Å²) in [7, 11) is 0. The number of hydrogen-bond donors (Lipinski definition) is 2. The van der Waals surface area contributed by atoms with E-state index in [9.17, 15) is 10.1 Å². The fourth-order valence-electron chi connectivity index (χ4n) is 0.707. The highest BCUT2D eigenvalue weighted by molar-refractivity contribution is 5.39. The molecule has 1 aromatic carbocycles. The standard InChI is InChI=1S/C6H5NO5/c8-4-1-5(9)3-6(2-4)12-7(10)11/h1-3,8-9H. The second-order valence-corrected chi connectivity index (χ2v) is 2.00. The Bertz CT molecular complexity index is 291. The van der Waals surface area contributed by atoms with E-state index < -0.39 is 5.09 Å². The molecule has 6 heteroatoms. The topological polar surface area (TPSA) is 92.8 Å². The zero-order chi connectivity index (χ0) is 9.14. The summed E-state index contributed by atoms with van der Waals surface area (Å²) in [6, 6.07) is 3.07. The maximum atomic E-state index is 9.81. The summed E-state index contributed by atoms with van der Waals surface area (Å²) in [5.41, 5.74) is 0. The number of benzene rings is 1. The molecule has 64 valence electrons. The van der Waals surface area contributed by atoms with Crippen LogP contribution >= 0.6 is 0 Å². The van der Waals surface area contributed by atoms with Gasteiger partial charge in [-0.2, -0.15) is 0 Å². The van der Waals surface area contributed by atoms with Crippen LogP contribution in [0.25, 0.3) is 0 Å². The smallest absolute Gasteiger partial charge is 0.299 e. The average molecular weight is 171 g/mol. The molecule has 0 unspecified atom stereocenters. The van der Waals surface area contributed by atoms with E-state index in [2.05, 4.69) is 4.84 Å². The summed E-state index contributed by atoms with van der Waals surface area (Å²) in [4.78, 5) is 13.8. The maximum absolute atomic E-state index is 9.81. The maximum Gasteiger partial charge on any atom is 0.299 e. The van der Waals surface area contributed by atoms with Gasteiger partial charge in [0.05, 0.1) is 0 Å². The van der Waals surface area contributed by atoms with Crippen molar-refractivity contribution in [2.75, 3.05) is 0 Å². The summed E-state index contributed by atoms with van der Waals surface area (Å²) in [6.07, 6.45) is 0. The van der Waals surface area contributed by atoms with Crippen LogP contribution in [0, 0.1) is 10.1 Å². The monoisotopic (exact) mass is 171 g/mol. The van der Waals surface area contributed by atoms with Crippen LogP contribution < -0.4 is 4.84 Å². The van der Waals surface area contributed by atoms with Crippen LogP contribution in [0.4, 0.5) is 0 Å². The van der Waals surface area contributed by atoms with Gasteiger partial charge in [-0.25, -0.2) is 0 Å². The van der Waals surface area contributed by atoms with Crippen LogP contribution in [0.5, 0.6) is 17.2 Å². The molecule has 0 spiro atoms. The lowest BCUT2D eigenvalue weighted by molar-refractivity contribution is -0.711. The summed E-state index contributed by atoms with van der Waals surface area (Å²) < 4.78 is 0. The Labute approximate surface area is 66.7 Å². The zero-order valence-electron chi connectivity index (χ0n) is 5.80. The molecule has 0 saturated heterocycles. The molecule has 6 nitrogen and oxygen atoms in total. The number of aromatic hydroxyl groups is 2. The summed E-state index contributed by atoms with van der Waals surface area (Å²) in [5.74, 6) is -0.823. The highest BCUT2D eigenvalue weighted by Gasteiger charge is 2.02. The van der Waals surface area contributed by atoms with Gasteiger partial charge in [0.1, 0.15) is 17.2 Å². The van der Waals surface area contributed by atoms with E-state index in [1.807, 2.05) is 0 Å². The number of rotatable bonds is 2. The molecule has 0 aliphatic heterocycles. The third-order valence-corrected chi connectivity index (χ3v) is 1.06. The Morgan fingerprint density at radius 3 is 2.17 bits per heavy atom. The average Bonchev–Trinajstić information content (AvgIpc) is 1.81. The fraction of sp³-hybridized carbons (Fsp3) is 0. The molecular weight excluding hydrogens is 166 g/mol. The minimum absolute atomic E-state index is 0.225. The summed E-state index contributed by atoms with van der Waals surface area (Å²) >= 11 is 0. The van der Waals surface area contributed by atoms with E-state index in [0.717, 1.165) is 18.2 Å². The van der Waals surface area contributed by atoms with Crippen LogP contribution in [-0.2, 0) is 0 Å². The molecule has 0 amide bonds. The second-order valence-electron chi connectivity index (χ2n) is 2.00. The number of hydrogen-bond acceptors (Lipinski definition) is 5. The van der Waals surface area contributed by atoms with E-state index in [-0.39, 0.29) is 17.2 Å². The first-order valence-corrected chi connectivity index (χ1v) is 2.93. The molecule has 0 saturated carbocycles. The second kappa shape index (κ2) is 2.95. The van der Waals surface area contributed by atoms with Gasteiger partial charge in [-0.15, -0.1) is 10.1 Å². The van der Waals surface area contributed by atoms with Crippen molar-refractivity contribution < 1.29 is 20.1 Å². The van der Waals surface area contributed by atoms with Crippen molar-refractivity contribution in [3.63, 3.8) is 0 Å². The van der Waals surface area contributed by atoms with Crippen molar-refractivity contribution >= 4 is 0 Å². The molecule has 0 fully saturated rings. The van der Waals surface area contributed by atoms with E-state index in [1.165, 1.54) is 0 Å². The third kappa shape index (κ3) is 2.01. The Morgan fingerprint density at radius 1 is 1.25 bits per heavy atom. The van der Waals surface area contributed by atoms with Crippen LogP contribution in [-0.4, -0.2) is 15.3 Å². The van der Waals surface area contributed by atoms with Gasteiger partial charge in [-0.05, 0) is 0 Å². The molecule has 0 heterocycles. The fourth-order valence-corrected chi connectivity index (χ4v) is 0.707. The molecule has 1 aromatic rings. The quantitative estimate of drug-likeness (QED) is 0.503. The number of nitrogens with zero attached hydrogens (tertiary/aromatic N) is 1. The van der Waals surface area contributed by atoms with E-state index >= 15 is 0 Å². The van der Waals surface area contributed by atoms with Crippen molar-refractivity contribution in [3.8, 4) is 17.2 Å². The van der Waals surface area contributed by atoms with Gasteiger partial charge < -0.3 is 10.2 Å². The Kier molecular flexibility index (Phi) is 2.00. The first kappa shape index (κ1) is 8.12. The summed E-state index contributed by atoms with van der Waals surface area (Å²) in [6.45, 7) is 0. The van der Waals surface area contributed by atoms with Gasteiger partial charge in [-0.3, -0.25) is 4.84 Å². The summed E-state index contributed by atoms with van der Waals surface area (Å²) in [5, 5.41) is 26.5. The Balaban J connectivity index is 2.93. The van der Waals surface area contributed by atoms with Crippen LogP contribution in [0.15, 0.2) is 18.2 Å². The zero-order valence-corrected chi connectivity index (χ0v) is 5.80. The Hall–Kier alpha value is -1.98. The third-order valence-electron chi connectivity index (χ3n) is 1.06. The van der Waals surface area contributed by atoms with E-state index in [4.69, 9.17) is 10.2 Å². The molecule has 2 N–H and O–H groups in total. The molecule has 1 rings (SSSR count). The van der Waals surface area contributed by atoms with Crippen LogP contribution in [0.1, 0.15) is 0 Å². The van der Waals surface area contributed by atoms with E-state index in [0.29, 0.717) is 0 Å². The minimum atomic E-state index is -1.03. The minimum Gasteiger partial charge on any atom is -0.508 e. The van der Waals surface area contributed by atoms with Crippen molar-refractivity contribution in [1.29, 1.82) is 0 Å². The normalized spacial score (nSPS) is 9.33. The SMILES string of the molecule is O=[N+]([O-])Oc1cc(O)cc(O)c1. The predicted molar refractivity (Wildman–Crippen MR) is 37.4 cm³/mol. The first-order valence-electron chi connectivity index (χ1n) is 2.93. The molecule has 0 aliphatic rings. The molecule has 0 radical (unpaired) electrons. The number of phenols is 2. The highest BCUT2D eigenvalue weighted by Crippen LogP contribution is 2.25. The van der Waals surface area contributed by atoms with Gasteiger partial charge in [0, 0.05) is 18.2 Å². The lowest BCUT2D eigenvalue weighted by Crippen LogP contribution is -2.02. The molecule has 12 heavy (non-hydrogen) atoms. The largest absolute Gasteiger partial charge is 0.508 e. The van der Waals surface area contributed by atoms with Crippen LogP contribution in [0.2, 0.25) is 0 Å². The van der Waals surface area contributed by atoms with Crippen LogP contribution in [0.3, 0.4) is 0 Å². The van der Waals surface area contributed by atoms with Crippen molar-refractivity contribution in [1.82, 2.24) is 0 Å². The highest BCUT2D eigenvalue weighted by atomic mass is 17.0. The van der Waals surface area contributed by atoms with Gasteiger partial charge in [0.15, 0.2) is 0 Å². The molecule has 0 atom stereocenters. The predicted octanol–water partition coefficient (Wildman–Crippen LogP) is 0.668. The van der Waals surface area contributed by atoms with Crippen molar-refractivity contribution in [2.24, 2.45) is 0 Å². The van der Waals surface area contributed by atoms with Crippen molar-refractivity contribution in [3.05, 3.63) is 28.3 Å². The first-order chi connectivity index (χ1) is 5.58. The Morgan fingerprint density at radius 2 is 1.75 bits per heavy atom. The number of phenolic OH excluding ortho intramolecular Hbond substituents is 2.